The van der Waals surface area contributed by atoms with Crippen LogP contribution in [0.15, 0.2) is 72.8 Å². The van der Waals surface area contributed by atoms with E-state index < -0.39 is 0 Å². The minimum absolute atomic E-state index is 0.163. The summed E-state index contributed by atoms with van der Waals surface area (Å²) >= 11 is 0. The molecule has 138 valence electrons. The molecule has 0 saturated heterocycles. The van der Waals surface area contributed by atoms with Crippen molar-refractivity contribution >= 4 is 0 Å². The molecule has 0 spiro atoms. The zero-order valence-electron chi connectivity index (χ0n) is 15.6. The average Bonchev–Trinajstić information content (AvgIpc) is 3.02. The summed E-state index contributed by atoms with van der Waals surface area (Å²) in [7, 11) is 0. The highest BCUT2D eigenvalue weighted by Gasteiger charge is 2.43. The Morgan fingerprint density at radius 2 is 1.19 bits per heavy atom. The van der Waals surface area contributed by atoms with Gasteiger partial charge in [-0.05, 0) is 59.1 Å². The van der Waals surface area contributed by atoms with Gasteiger partial charge in [0.25, 0.3) is 0 Å². The van der Waals surface area contributed by atoms with Gasteiger partial charge < -0.3 is 10.2 Å². The molecule has 4 rings (SSSR count). The predicted octanol–water partition coefficient (Wildman–Crippen LogP) is 5.17. The molecule has 0 atom stereocenters. The summed E-state index contributed by atoms with van der Waals surface area (Å²) < 4.78 is 0. The molecular formula is C25H26O2. The van der Waals surface area contributed by atoms with Crippen LogP contribution in [0.1, 0.15) is 36.8 Å². The fraction of sp³-hybridized carbons (Fsp3) is 0.280. The van der Waals surface area contributed by atoms with Gasteiger partial charge in [0.15, 0.2) is 0 Å². The van der Waals surface area contributed by atoms with Crippen LogP contribution in [0.2, 0.25) is 0 Å². The van der Waals surface area contributed by atoms with E-state index in [4.69, 9.17) is 0 Å². The largest absolute Gasteiger partial charge is 0.396 e. The molecule has 2 heteroatoms. The van der Waals surface area contributed by atoms with Gasteiger partial charge in [-0.15, -0.1) is 0 Å². The van der Waals surface area contributed by atoms with Gasteiger partial charge in [-0.25, -0.2) is 0 Å². The first-order valence-electron chi connectivity index (χ1n) is 9.82. The van der Waals surface area contributed by atoms with E-state index in [0.717, 1.165) is 25.7 Å². The van der Waals surface area contributed by atoms with E-state index in [2.05, 4.69) is 66.7 Å². The first-order chi connectivity index (χ1) is 13.3. The first kappa shape index (κ1) is 18.0. The topological polar surface area (TPSA) is 40.5 Å². The molecule has 0 amide bonds. The Hall–Kier alpha value is -2.42. The van der Waals surface area contributed by atoms with Crippen LogP contribution in [0.5, 0.6) is 0 Å². The van der Waals surface area contributed by atoms with Gasteiger partial charge in [0, 0.05) is 18.6 Å². The maximum absolute atomic E-state index is 9.60. The summed E-state index contributed by atoms with van der Waals surface area (Å²) in [5.41, 5.74) is 7.61. The summed E-state index contributed by atoms with van der Waals surface area (Å²) in [6.45, 7) is 0.373. The summed E-state index contributed by atoms with van der Waals surface area (Å²) in [5, 5.41) is 19.2. The van der Waals surface area contributed by atoms with Crippen LogP contribution < -0.4 is 0 Å². The molecule has 0 unspecified atom stereocenters. The Kier molecular flexibility index (Phi) is 5.11. The quantitative estimate of drug-likeness (QED) is 0.612. The maximum atomic E-state index is 9.60. The summed E-state index contributed by atoms with van der Waals surface area (Å²) in [6.07, 6.45) is 3.28. The zero-order chi connectivity index (χ0) is 18.7. The monoisotopic (exact) mass is 358 g/mol. The molecule has 1 aliphatic carbocycles. The van der Waals surface area contributed by atoms with Crippen molar-refractivity contribution in [1.82, 2.24) is 0 Å². The summed E-state index contributed by atoms with van der Waals surface area (Å²) in [4.78, 5) is 0. The van der Waals surface area contributed by atoms with Crippen molar-refractivity contribution in [1.29, 1.82) is 0 Å². The lowest BCUT2D eigenvalue weighted by Crippen LogP contribution is -2.27. The predicted molar refractivity (Wildman–Crippen MR) is 111 cm³/mol. The van der Waals surface area contributed by atoms with Gasteiger partial charge in [-0.3, -0.25) is 0 Å². The van der Waals surface area contributed by atoms with Crippen LogP contribution in [0.4, 0.5) is 0 Å². The third-order valence-electron chi connectivity index (χ3n) is 5.88. The molecule has 0 aromatic heterocycles. The number of aliphatic hydroxyl groups is 2. The smallest absolute Gasteiger partial charge is 0.0431 e. The normalized spacial score (nSPS) is 14.0. The summed E-state index contributed by atoms with van der Waals surface area (Å²) in [5.74, 6) is 0. The molecule has 3 aromatic rings. The number of benzene rings is 3. The molecule has 0 fully saturated rings. The average molecular weight is 358 g/mol. The third-order valence-corrected chi connectivity index (χ3v) is 5.88. The van der Waals surface area contributed by atoms with Crippen molar-refractivity contribution in [2.75, 3.05) is 13.2 Å². The molecule has 0 saturated carbocycles. The van der Waals surface area contributed by atoms with Crippen LogP contribution in [0, 0.1) is 0 Å². The Balaban J connectivity index is 1.99. The minimum atomic E-state index is -0.163. The zero-order valence-corrected chi connectivity index (χ0v) is 15.6. The van der Waals surface area contributed by atoms with E-state index in [1.807, 2.05) is 6.07 Å². The Bertz CT molecular complexity index is 907. The highest BCUT2D eigenvalue weighted by molar-refractivity contribution is 5.88. The van der Waals surface area contributed by atoms with Crippen molar-refractivity contribution in [2.24, 2.45) is 0 Å². The standard InChI is InChI=1S/C25H26O2/c26-17-7-15-25(16-8-18-27)23-14-5-4-11-21(23)22-13-6-12-20(24(22)25)19-9-2-1-3-10-19/h1-6,9-14,26-27H,7-8,15-18H2. The van der Waals surface area contributed by atoms with E-state index in [-0.39, 0.29) is 18.6 Å². The fourth-order valence-electron chi connectivity index (χ4n) is 4.83. The van der Waals surface area contributed by atoms with Crippen LogP contribution >= 0.6 is 0 Å². The van der Waals surface area contributed by atoms with Crippen molar-refractivity contribution in [2.45, 2.75) is 31.1 Å². The number of fused-ring (bicyclic) bond motifs is 3. The highest BCUT2D eigenvalue weighted by atomic mass is 16.3. The van der Waals surface area contributed by atoms with Crippen molar-refractivity contribution in [3.63, 3.8) is 0 Å². The van der Waals surface area contributed by atoms with Crippen molar-refractivity contribution in [3.05, 3.63) is 83.9 Å². The van der Waals surface area contributed by atoms with Crippen molar-refractivity contribution < 1.29 is 10.2 Å². The van der Waals surface area contributed by atoms with E-state index in [1.54, 1.807) is 0 Å². The molecule has 3 aromatic carbocycles. The van der Waals surface area contributed by atoms with Gasteiger partial charge in [-0.1, -0.05) is 72.8 Å². The molecule has 0 bridgehead atoms. The van der Waals surface area contributed by atoms with Gasteiger partial charge in [0.1, 0.15) is 0 Å². The minimum Gasteiger partial charge on any atom is -0.396 e. The third kappa shape index (κ3) is 2.99. The van der Waals surface area contributed by atoms with Gasteiger partial charge in [-0.2, -0.15) is 0 Å². The fourth-order valence-corrected chi connectivity index (χ4v) is 4.83. The van der Waals surface area contributed by atoms with E-state index >= 15 is 0 Å². The SMILES string of the molecule is OCCCC1(CCCO)c2ccccc2-c2cccc(-c3ccccc3)c21. The molecular weight excluding hydrogens is 332 g/mol. The second kappa shape index (κ2) is 7.67. The lowest BCUT2D eigenvalue weighted by Gasteiger charge is -2.34. The summed E-state index contributed by atoms with van der Waals surface area (Å²) in [6, 6.07) is 25.8. The molecule has 0 aliphatic heterocycles. The van der Waals surface area contributed by atoms with Crippen molar-refractivity contribution in [3.8, 4) is 22.3 Å². The van der Waals surface area contributed by atoms with Gasteiger partial charge in [0.05, 0.1) is 0 Å². The highest BCUT2D eigenvalue weighted by Crippen LogP contribution is 2.56. The second-order valence-corrected chi connectivity index (χ2v) is 7.38. The lowest BCUT2D eigenvalue weighted by molar-refractivity contribution is 0.247. The molecule has 27 heavy (non-hydrogen) atoms. The molecule has 0 heterocycles. The maximum Gasteiger partial charge on any atom is 0.0431 e. The number of hydrogen-bond donors (Lipinski definition) is 2. The van der Waals surface area contributed by atoms with Crippen LogP contribution in [0.3, 0.4) is 0 Å². The van der Waals surface area contributed by atoms with E-state index in [9.17, 15) is 10.2 Å². The van der Waals surface area contributed by atoms with Crippen LogP contribution in [0.25, 0.3) is 22.3 Å². The molecule has 2 N–H and O–H groups in total. The second-order valence-electron chi connectivity index (χ2n) is 7.38. The number of hydrogen-bond acceptors (Lipinski definition) is 2. The van der Waals surface area contributed by atoms with Crippen LogP contribution in [-0.2, 0) is 5.41 Å². The molecule has 2 nitrogen and oxygen atoms in total. The Morgan fingerprint density at radius 3 is 1.89 bits per heavy atom. The lowest BCUT2D eigenvalue weighted by atomic mass is 9.69. The van der Waals surface area contributed by atoms with Gasteiger partial charge >= 0.3 is 0 Å². The molecule has 1 aliphatic rings. The number of aliphatic hydroxyl groups excluding tert-OH is 2. The Labute approximate surface area is 161 Å². The van der Waals surface area contributed by atoms with Gasteiger partial charge in [0.2, 0.25) is 0 Å². The molecule has 0 radical (unpaired) electrons. The van der Waals surface area contributed by atoms with E-state index in [1.165, 1.54) is 33.4 Å². The number of rotatable bonds is 7. The Morgan fingerprint density at radius 1 is 0.593 bits per heavy atom. The van der Waals surface area contributed by atoms with E-state index in [0.29, 0.717) is 0 Å². The van der Waals surface area contributed by atoms with Crippen LogP contribution in [-0.4, -0.2) is 23.4 Å². The first-order valence-corrected chi connectivity index (χ1v) is 9.82.